The van der Waals surface area contributed by atoms with Gasteiger partial charge in [-0.25, -0.2) is 4.79 Å². The summed E-state index contributed by atoms with van der Waals surface area (Å²) < 4.78 is 10.7. The first-order valence-corrected chi connectivity index (χ1v) is 9.71. The summed E-state index contributed by atoms with van der Waals surface area (Å²) in [5.41, 5.74) is 0.458. The van der Waals surface area contributed by atoms with E-state index >= 15 is 0 Å². The number of rotatable bonds is 8. The molecule has 0 saturated carbocycles. The van der Waals surface area contributed by atoms with Crippen molar-refractivity contribution in [3.63, 3.8) is 0 Å². The van der Waals surface area contributed by atoms with Crippen molar-refractivity contribution in [1.82, 2.24) is 0 Å². The molecular formula is C22H15Cl2NO6. The molecule has 31 heavy (non-hydrogen) atoms. The first-order chi connectivity index (χ1) is 14.8. The third-order valence-electron chi connectivity index (χ3n) is 4.19. The molecule has 0 saturated heterocycles. The lowest BCUT2D eigenvalue weighted by Crippen LogP contribution is -2.23. The molecule has 9 heteroatoms. The zero-order chi connectivity index (χ0) is 22.4. The van der Waals surface area contributed by atoms with Gasteiger partial charge in [-0.1, -0.05) is 53.5 Å². The molecule has 158 valence electrons. The molecule has 0 aliphatic carbocycles. The van der Waals surface area contributed by atoms with Gasteiger partial charge in [-0.15, -0.1) is 0 Å². The van der Waals surface area contributed by atoms with E-state index in [-0.39, 0.29) is 22.0 Å². The molecule has 3 aromatic carbocycles. The Labute approximate surface area is 187 Å². The number of nitro benzene ring substituents is 1. The number of hydrogen-bond acceptors (Lipinski definition) is 6. The van der Waals surface area contributed by atoms with Crippen LogP contribution in [0.4, 0.5) is 5.69 Å². The van der Waals surface area contributed by atoms with Crippen LogP contribution in [0.3, 0.4) is 0 Å². The number of nitrogens with zero attached hydrogens (tertiary/aromatic N) is 1. The quantitative estimate of drug-likeness (QED) is 0.192. The number of carbonyl (C=O) groups excluding carboxylic acids is 2. The monoisotopic (exact) mass is 459 g/mol. The predicted octanol–water partition coefficient (Wildman–Crippen LogP) is 5.45. The molecule has 0 aliphatic heterocycles. The third-order valence-corrected chi connectivity index (χ3v) is 4.72. The second-order valence-corrected chi connectivity index (χ2v) is 7.16. The van der Waals surface area contributed by atoms with E-state index in [0.717, 1.165) is 0 Å². The van der Waals surface area contributed by atoms with Crippen molar-refractivity contribution in [3.8, 4) is 5.75 Å². The van der Waals surface area contributed by atoms with E-state index in [1.54, 1.807) is 36.4 Å². The summed E-state index contributed by atoms with van der Waals surface area (Å²) in [7, 11) is 0. The number of nitro groups is 1. The molecule has 0 unspecified atom stereocenters. The van der Waals surface area contributed by atoms with E-state index in [1.807, 2.05) is 0 Å². The highest BCUT2D eigenvalue weighted by Crippen LogP contribution is 2.28. The maximum atomic E-state index is 13.0. The van der Waals surface area contributed by atoms with Crippen molar-refractivity contribution in [3.05, 3.63) is 104 Å². The Kier molecular flexibility index (Phi) is 7.23. The summed E-state index contributed by atoms with van der Waals surface area (Å²) in [5.74, 6) is -1.07. The zero-order valence-corrected chi connectivity index (χ0v) is 17.4. The number of esters is 1. The average molecular weight is 460 g/mol. The second-order valence-electron chi connectivity index (χ2n) is 6.31. The van der Waals surface area contributed by atoms with Crippen molar-refractivity contribution in [2.24, 2.45) is 0 Å². The summed E-state index contributed by atoms with van der Waals surface area (Å²) in [4.78, 5) is 35.7. The molecule has 0 amide bonds. The van der Waals surface area contributed by atoms with Crippen LogP contribution in [0.15, 0.2) is 72.8 Å². The predicted molar refractivity (Wildman–Crippen MR) is 115 cm³/mol. The van der Waals surface area contributed by atoms with E-state index in [9.17, 15) is 19.7 Å². The minimum atomic E-state index is -1.31. The Morgan fingerprint density at radius 1 is 0.968 bits per heavy atom. The number of ketones is 1. The van der Waals surface area contributed by atoms with Crippen molar-refractivity contribution >= 4 is 40.6 Å². The van der Waals surface area contributed by atoms with Crippen molar-refractivity contribution in [2.75, 3.05) is 6.61 Å². The summed E-state index contributed by atoms with van der Waals surface area (Å²) in [6.45, 7) is -0.507. The summed E-state index contributed by atoms with van der Waals surface area (Å²) in [5, 5.41) is 11.5. The summed E-state index contributed by atoms with van der Waals surface area (Å²) in [6.07, 6.45) is -1.31. The fourth-order valence-corrected chi connectivity index (χ4v) is 3.16. The van der Waals surface area contributed by atoms with Gasteiger partial charge in [0.1, 0.15) is 5.75 Å². The molecule has 7 nitrogen and oxygen atoms in total. The highest BCUT2D eigenvalue weighted by atomic mass is 35.5. The van der Waals surface area contributed by atoms with Crippen LogP contribution < -0.4 is 4.74 Å². The molecule has 3 aromatic rings. The highest BCUT2D eigenvalue weighted by molar-refractivity contribution is 6.35. The number of benzene rings is 3. The third kappa shape index (κ3) is 5.81. The van der Waals surface area contributed by atoms with Crippen LogP contribution in [0.5, 0.6) is 5.75 Å². The van der Waals surface area contributed by atoms with Crippen LogP contribution in [0.2, 0.25) is 10.0 Å². The molecule has 1 atom stereocenters. The minimum Gasteiger partial charge on any atom is -0.480 e. The van der Waals surface area contributed by atoms with Gasteiger partial charge in [-0.3, -0.25) is 14.9 Å². The molecule has 0 radical (unpaired) electrons. The Morgan fingerprint density at radius 2 is 1.65 bits per heavy atom. The van der Waals surface area contributed by atoms with Crippen LogP contribution >= 0.6 is 23.2 Å². The zero-order valence-electron chi connectivity index (χ0n) is 15.9. The van der Waals surface area contributed by atoms with E-state index < -0.39 is 29.4 Å². The fourth-order valence-electron chi connectivity index (χ4n) is 2.69. The molecule has 3 rings (SSSR count). The maximum Gasteiger partial charge on any atom is 0.345 e. The van der Waals surface area contributed by atoms with Gasteiger partial charge in [-0.2, -0.15) is 0 Å². The number of carbonyl (C=O) groups is 2. The summed E-state index contributed by atoms with van der Waals surface area (Å²) in [6, 6.07) is 18.0. The number of hydrogen-bond donors (Lipinski definition) is 0. The Morgan fingerprint density at radius 3 is 2.26 bits per heavy atom. The van der Waals surface area contributed by atoms with E-state index in [1.165, 1.54) is 36.4 Å². The number of non-ortho nitro benzene ring substituents is 1. The smallest absolute Gasteiger partial charge is 0.345 e. The van der Waals surface area contributed by atoms with Crippen LogP contribution in [-0.2, 0) is 9.53 Å². The van der Waals surface area contributed by atoms with Crippen molar-refractivity contribution in [1.29, 1.82) is 0 Å². The number of halogens is 2. The molecule has 0 aliphatic rings. The van der Waals surface area contributed by atoms with Gasteiger partial charge in [0.05, 0.1) is 9.95 Å². The lowest BCUT2D eigenvalue weighted by Gasteiger charge is -2.18. The van der Waals surface area contributed by atoms with Gasteiger partial charge in [0.2, 0.25) is 5.78 Å². The van der Waals surface area contributed by atoms with Crippen molar-refractivity contribution < 1.29 is 24.0 Å². The Balaban J connectivity index is 1.79. The first-order valence-electron chi connectivity index (χ1n) is 8.96. The van der Waals surface area contributed by atoms with Gasteiger partial charge in [0, 0.05) is 28.3 Å². The second kappa shape index (κ2) is 10.1. The van der Waals surface area contributed by atoms with Crippen LogP contribution in [0.1, 0.15) is 22.0 Å². The topological polar surface area (TPSA) is 95.7 Å². The van der Waals surface area contributed by atoms with Crippen molar-refractivity contribution in [2.45, 2.75) is 6.10 Å². The average Bonchev–Trinajstić information content (AvgIpc) is 2.77. The van der Waals surface area contributed by atoms with E-state index in [0.29, 0.717) is 10.6 Å². The molecule has 0 N–H and O–H groups in total. The van der Waals surface area contributed by atoms with E-state index in [4.69, 9.17) is 32.7 Å². The van der Waals surface area contributed by atoms with Crippen LogP contribution in [0, 0.1) is 10.1 Å². The van der Waals surface area contributed by atoms with Gasteiger partial charge < -0.3 is 9.47 Å². The molecule has 0 heterocycles. The molecular weight excluding hydrogens is 445 g/mol. The van der Waals surface area contributed by atoms with Gasteiger partial charge in [-0.05, 0) is 30.3 Å². The van der Waals surface area contributed by atoms with Crippen LogP contribution in [0.25, 0.3) is 0 Å². The Bertz CT molecular complexity index is 1100. The minimum absolute atomic E-state index is 0.151. The van der Waals surface area contributed by atoms with Gasteiger partial charge in [0.15, 0.2) is 12.7 Å². The largest absolute Gasteiger partial charge is 0.480 e. The normalized spacial score (nSPS) is 11.4. The summed E-state index contributed by atoms with van der Waals surface area (Å²) >= 11 is 11.8. The molecule has 0 bridgehead atoms. The fraction of sp³-hybridized carbons (Fsp3) is 0.0909. The SMILES string of the molecule is O=C(COc1ccc(Cl)cc1Cl)O[C@@H](C(=O)c1ccccc1)c1ccc([N+](=O)[O-])cc1. The molecule has 0 aromatic heterocycles. The lowest BCUT2D eigenvalue weighted by molar-refractivity contribution is -0.384. The number of ether oxygens (including phenoxy) is 2. The van der Waals surface area contributed by atoms with E-state index in [2.05, 4.69) is 0 Å². The maximum absolute atomic E-state index is 13.0. The molecule has 0 spiro atoms. The Hall–Kier alpha value is -3.42. The lowest BCUT2D eigenvalue weighted by atomic mass is 9.99. The van der Waals surface area contributed by atoms with Gasteiger partial charge in [0.25, 0.3) is 5.69 Å². The molecule has 0 fully saturated rings. The highest BCUT2D eigenvalue weighted by Gasteiger charge is 2.27. The van der Waals surface area contributed by atoms with Crippen LogP contribution in [-0.4, -0.2) is 23.3 Å². The standard InChI is InChI=1S/C22H15Cl2NO6/c23-16-8-11-19(18(24)12-16)30-13-20(26)31-22(21(27)14-4-2-1-3-5-14)15-6-9-17(10-7-15)25(28)29/h1-12,22H,13H2/t22-/m1/s1. The number of Topliss-reactive ketones (excluding diaryl/α,β-unsaturated/α-hetero) is 1. The first kappa shape index (κ1) is 22.3. The van der Waals surface area contributed by atoms with Gasteiger partial charge >= 0.3 is 5.97 Å².